The lowest BCUT2D eigenvalue weighted by Gasteiger charge is -2.19. The summed E-state index contributed by atoms with van der Waals surface area (Å²) in [5, 5.41) is 2.11. The number of likely N-dealkylation sites (tertiary alicyclic amines) is 1. The average molecular weight is 271 g/mol. The Labute approximate surface area is 109 Å². The van der Waals surface area contributed by atoms with Crippen LogP contribution in [-0.4, -0.2) is 35.8 Å². The van der Waals surface area contributed by atoms with Gasteiger partial charge in [0, 0.05) is 23.6 Å². The molecule has 0 radical (unpaired) electrons. The largest absolute Gasteiger partial charge is 0.485 e. The third-order valence-electron chi connectivity index (χ3n) is 2.90. The maximum absolute atomic E-state index is 11.7. The summed E-state index contributed by atoms with van der Waals surface area (Å²) in [6, 6.07) is 0. The smallest absolute Gasteiger partial charge is 0.224 e. The second-order valence-electron chi connectivity index (χ2n) is 4.18. The van der Waals surface area contributed by atoms with Gasteiger partial charge in [0.05, 0.1) is 11.4 Å². The van der Waals surface area contributed by atoms with Gasteiger partial charge < -0.3 is 14.4 Å². The minimum atomic E-state index is 0.162. The number of thiophene rings is 1. The Balaban J connectivity index is 1.77. The second kappa shape index (κ2) is 4.42. The van der Waals surface area contributed by atoms with Crippen molar-refractivity contribution < 1.29 is 14.3 Å². The first-order chi connectivity index (χ1) is 8.24. The van der Waals surface area contributed by atoms with Crippen LogP contribution in [0.3, 0.4) is 0 Å². The van der Waals surface area contributed by atoms with Crippen LogP contribution in [0, 0.1) is 0 Å². The molecule has 1 aromatic heterocycles. The second-order valence-corrected chi connectivity index (χ2v) is 5.88. The molecule has 0 bridgehead atoms. The molecular formula is C11H13NO3S2. The molecule has 1 fully saturated rings. The molecule has 4 nitrogen and oxygen atoms in total. The molecule has 0 saturated carbocycles. The summed E-state index contributed by atoms with van der Waals surface area (Å²) < 4.78 is 11.1. The summed E-state index contributed by atoms with van der Waals surface area (Å²) in [7, 11) is 0. The lowest BCUT2D eigenvalue weighted by Crippen LogP contribution is -2.25. The van der Waals surface area contributed by atoms with E-state index in [1.165, 1.54) is 0 Å². The molecule has 2 aliphatic rings. The number of carbonyl (C=O) groups is 1. The first-order valence-electron chi connectivity index (χ1n) is 5.56. The van der Waals surface area contributed by atoms with E-state index in [1.807, 2.05) is 10.3 Å². The molecule has 0 spiro atoms. The number of thiol groups is 1. The van der Waals surface area contributed by atoms with Crippen molar-refractivity contribution in [1.82, 2.24) is 4.90 Å². The minimum absolute atomic E-state index is 0.162. The number of rotatable bonds is 2. The zero-order chi connectivity index (χ0) is 11.8. The number of hydrogen-bond acceptors (Lipinski definition) is 5. The van der Waals surface area contributed by atoms with Gasteiger partial charge in [-0.2, -0.15) is 12.6 Å². The number of amides is 1. The maximum Gasteiger partial charge on any atom is 0.224 e. The molecule has 1 unspecified atom stereocenters. The van der Waals surface area contributed by atoms with Crippen LogP contribution in [0.15, 0.2) is 5.38 Å². The van der Waals surface area contributed by atoms with E-state index in [0.717, 1.165) is 22.9 Å². The van der Waals surface area contributed by atoms with E-state index >= 15 is 0 Å². The molecule has 92 valence electrons. The molecule has 0 aliphatic carbocycles. The van der Waals surface area contributed by atoms with Gasteiger partial charge in [-0.1, -0.05) is 0 Å². The monoisotopic (exact) mass is 271 g/mol. The fourth-order valence-electron chi connectivity index (χ4n) is 2.10. The van der Waals surface area contributed by atoms with Gasteiger partial charge in [-0.3, -0.25) is 4.79 Å². The Kier molecular flexibility index (Phi) is 2.92. The van der Waals surface area contributed by atoms with Crippen molar-refractivity contribution in [2.24, 2.45) is 0 Å². The summed E-state index contributed by atoms with van der Waals surface area (Å²) >= 11 is 5.93. The van der Waals surface area contributed by atoms with E-state index in [0.29, 0.717) is 26.2 Å². The Hall–Kier alpha value is -0.880. The predicted octanol–water partition coefficient (Wildman–Crippen LogP) is 1.55. The van der Waals surface area contributed by atoms with Crippen molar-refractivity contribution in [3.05, 3.63) is 10.3 Å². The van der Waals surface area contributed by atoms with Gasteiger partial charge >= 0.3 is 0 Å². The molecule has 3 rings (SSSR count). The highest BCUT2D eigenvalue weighted by molar-refractivity contribution is 7.81. The molecule has 1 saturated heterocycles. The van der Waals surface area contributed by atoms with Gasteiger partial charge in [-0.25, -0.2) is 0 Å². The molecule has 1 amide bonds. The van der Waals surface area contributed by atoms with E-state index in [4.69, 9.17) is 9.47 Å². The van der Waals surface area contributed by atoms with Crippen molar-refractivity contribution in [3.8, 4) is 11.5 Å². The molecule has 0 N–H and O–H groups in total. The van der Waals surface area contributed by atoms with Crippen LogP contribution in [0.1, 0.15) is 11.3 Å². The number of hydrogen-bond donors (Lipinski definition) is 1. The highest BCUT2D eigenvalue weighted by Crippen LogP contribution is 2.40. The molecule has 17 heavy (non-hydrogen) atoms. The number of nitrogens with zero attached hydrogens (tertiary/aromatic N) is 1. The third kappa shape index (κ3) is 2.11. The third-order valence-corrected chi connectivity index (χ3v) is 4.18. The molecule has 1 atom stereocenters. The first-order valence-corrected chi connectivity index (χ1v) is 6.95. The fourth-order valence-corrected chi connectivity index (χ4v) is 3.38. The van der Waals surface area contributed by atoms with Crippen LogP contribution in [-0.2, 0) is 11.3 Å². The van der Waals surface area contributed by atoms with Gasteiger partial charge in [-0.15, -0.1) is 11.3 Å². The highest BCUT2D eigenvalue weighted by atomic mass is 32.1. The standard InChI is InChI=1S/C11H13NO3S2/c13-10-3-7(16)4-12(10)5-9-11-8(6-17-9)14-1-2-15-11/h6-7,16H,1-5H2. The van der Waals surface area contributed by atoms with E-state index in [-0.39, 0.29) is 11.2 Å². The Morgan fingerprint density at radius 3 is 3.06 bits per heavy atom. The topological polar surface area (TPSA) is 38.8 Å². The summed E-state index contributed by atoms with van der Waals surface area (Å²) in [5.74, 6) is 1.80. The van der Waals surface area contributed by atoms with E-state index < -0.39 is 0 Å². The Bertz CT molecular complexity index is 446. The molecule has 2 aliphatic heterocycles. The van der Waals surface area contributed by atoms with Crippen LogP contribution < -0.4 is 9.47 Å². The normalized spacial score (nSPS) is 23.2. The number of fused-ring (bicyclic) bond motifs is 1. The quantitative estimate of drug-likeness (QED) is 0.830. The zero-order valence-electron chi connectivity index (χ0n) is 9.22. The molecule has 0 aromatic carbocycles. The summed E-state index contributed by atoms with van der Waals surface area (Å²) in [4.78, 5) is 14.6. The van der Waals surface area contributed by atoms with Crippen LogP contribution in [0.2, 0.25) is 0 Å². The van der Waals surface area contributed by atoms with E-state index in [2.05, 4.69) is 12.6 Å². The summed E-state index contributed by atoms with van der Waals surface area (Å²) in [5.41, 5.74) is 0. The van der Waals surface area contributed by atoms with Gasteiger partial charge in [0.15, 0.2) is 11.5 Å². The van der Waals surface area contributed by atoms with Crippen molar-refractivity contribution in [2.45, 2.75) is 18.2 Å². The van der Waals surface area contributed by atoms with Gasteiger partial charge in [0.25, 0.3) is 0 Å². The van der Waals surface area contributed by atoms with Crippen LogP contribution in [0.5, 0.6) is 11.5 Å². The first kappa shape index (κ1) is 11.2. The van der Waals surface area contributed by atoms with E-state index in [1.54, 1.807) is 11.3 Å². The van der Waals surface area contributed by atoms with Crippen molar-refractivity contribution in [3.63, 3.8) is 0 Å². The van der Waals surface area contributed by atoms with Crippen molar-refractivity contribution >= 4 is 29.9 Å². The SMILES string of the molecule is O=C1CC(S)CN1Cc1scc2c1OCCO2. The number of ether oxygens (including phenoxy) is 2. The van der Waals surface area contributed by atoms with E-state index in [9.17, 15) is 4.79 Å². The molecule has 3 heterocycles. The molecule has 1 aromatic rings. The lowest BCUT2D eigenvalue weighted by molar-refractivity contribution is -0.128. The Morgan fingerprint density at radius 1 is 1.47 bits per heavy atom. The highest BCUT2D eigenvalue weighted by Gasteiger charge is 2.29. The van der Waals surface area contributed by atoms with Gasteiger partial charge in [-0.05, 0) is 0 Å². The maximum atomic E-state index is 11.7. The summed E-state index contributed by atoms with van der Waals surface area (Å²) in [6.45, 7) is 2.51. The molecular weight excluding hydrogens is 258 g/mol. The number of carbonyl (C=O) groups excluding carboxylic acids is 1. The van der Waals surface area contributed by atoms with Crippen molar-refractivity contribution in [2.75, 3.05) is 19.8 Å². The van der Waals surface area contributed by atoms with Crippen LogP contribution in [0.25, 0.3) is 0 Å². The minimum Gasteiger partial charge on any atom is -0.485 e. The van der Waals surface area contributed by atoms with Crippen molar-refractivity contribution in [1.29, 1.82) is 0 Å². The predicted molar refractivity (Wildman–Crippen MR) is 68.1 cm³/mol. The fraction of sp³-hybridized carbons (Fsp3) is 0.545. The van der Waals surface area contributed by atoms with Crippen LogP contribution >= 0.6 is 24.0 Å². The molecule has 6 heteroatoms. The summed E-state index contributed by atoms with van der Waals surface area (Å²) in [6.07, 6.45) is 0.536. The lowest BCUT2D eigenvalue weighted by atomic mass is 10.3. The average Bonchev–Trinajstić information content (AvgIpc) is 2.85. The van der Waals surface area contributed by atoms with Crippen LogP contribution in [0.4, 0.5) is 0 Å². The van der Waals surface area contributed by atoms with Gasteiger partial charge in [0.2, 0.25) is 5.91 Å². The zero-order valence-corrected chi connectivity index (χ0v) is 10.9. The Morgan fingerprint density at radius 2 is 2.29 bits per heavy atom. The van der Waals surface area contributed by atoms with Gasteiger partial charge in [0.1, 0.15) is 13.2 Å².